The van der Waals surface area contributed by atoms with Gasteiger partial charge in [-0.1, -0.05) is 0 Å². The molecule has 1 atom stereocenters. The summed E-state index contributed by atoms with van der Waals surface area (Å²) >= 11 is 6.12. The lowest BCUT2D eigenvalue weighted by molar-refractivity contribution is 0.372. The zero-order valence-electron chi connectivity index (χ0n) is 13.0. The molecule has 0 aliphatic heterocycles. The maximum atomic E-state index is 6.12. The number of likely N-dealkylation sites (N-methyl/N-ethyl adjacent to an activating group) is 2. The minimum absolute atomic E-state index is 0.413. The van der Waals surface area contributed by atoms with Crippen molar-refractivity contribution in [3.63, 3.8) is 0 Å². The van der Waals surface area contributed by atoms with E-state index in [2.05, 4.69) is 50.7 Å². The van der Waals surface area contributed by atoms with Gasteiger partial charge in [0.2, 0.25) is 0 Å². The van der Waals surface area contributed by atoms with E-state index in [1.54, 1.807) is 0 Å². The summed E-state index contributed by atoms with van der Waals surface area (Å²) in [6, 6.07) is 2.52. The van der Waals surface area contributed by atoms with Crippen molar-refractivity contribution < 1.29 is 0 Å². The summed E-state index contributed by atoms with van der Waals surface area (Å²) < 4.78 is 0. The Morgan fingerprint density at radius 2 is 1.95 bits per heavy atom. The first-order valence-electron chi connectivity index (χ1n) is 6.85. The van der Waals surface area contributed by atoms with Gasteiger partial charge >= 0.3 is 0 Å². The predicted molar refractivity (Wildman–Crippen MR) is 84.3 cm³/mol. The van der Waals surface area contributed by atoms with Crippen LogP contribution in [0, 0.1) is 13.8 Å². The Morgan fingerprint density at radius 3 is 2.42 bits per heavy atom. The van der Waals surface area contributed by atoms with Gasteiger partial charge in [-0.25, -0.2) is 4.98 Å². The highest BCUT2D eigenvalue weighted by Crippen LogP contribution is 2.25. The average molecular weight is 284 g/mol. The third kappa shape index (κ3) is 4.08. The smallest absolute Gasteiger partial charge is 0.133 e. The van der Waals surface area contributed by atoms with Crippen molar-refractivity contribution in [1.29, 1.82) is 0 Å². The lowest BCUT2D eigenvalue weighted by atomic mass is 10.1. The van der Waals surface area contributed by atoms with E-state index >= 15 is 0 Å². The van der Waals surface area contributed by atoms with Crippen LogP contribution >= 0.6 is 11.6 Å². The fourth-order valence-electron chi connectivity index (χ4n) is 2.54. The van der Waals surface area contributed by atoms with Gasteiger partial charge in [0.05, 0.1) is 5.88 Å². The Balaban J connectivity index is 3.16. The lowest BCUT2D eigenvalue weighted by Crippen LogP contribution is -2.41. The summed E-state index contributed by atoms with van der Waals surface area (Å²) in [7, 11) is 4.20. The summed E-state index contributed by atoms with van der Waals surface area (Å²) in [5, 5.41) is 0. The lowest BCUT2D eigenvalue weighted by Gasteiger charge is -2.33. The second kappa shape index (κ2) is 7.11. The molecule has 0 aromatic carbocycles. The zero-order chi connectivity index (χ0) is 14.6. The van der Waals surface area contributed by atoms with Crippen molar-refractivity contribution in [1.82, 2.24) is 9.88 Å². The molecule has 3 nitrogen and oxygen atoms in total. The Hall–Kier alpha value is -0.800. The quantitative estimate of drug-likeness (QED) is 0.748. The number of nitrogens with zero attached hydrogens (tertiary/aromatic N) is 3. The standard InChI is InChI=1S/C15H26ClN3/c1-7-19(13(4)10-18(5)6)15-14(9-16)11(2)8-12(3)17-15/h8,13H,7,9-10H2,1-6H3. The van der Waals surface area contributed by atoms with Gasteiger partial charge in [-0.05, 0) is 53.4 Å². The van der Waals surface area contributed by atoms with E-state index < -0.39 is 0 Å². The van der Waals surface area contributed by atoms with Crippen LogP contribution in [-0.4, -0.2) is 43.1 Å². The number of alkyl halides is 1. The first-order chi connectivity index (χ1) is 8.90. The van der Waals surface area contributed by atoms with Crippen LogP contribution in [0.5, 0.6) is 0 Å². The van der Waals surface area contributed by atoms with Crippen molar-refractivity contribution in [3.05, 3.63) is 22.9 Å². The molecule has 0 saturated heterocycles. The van der Waals surface area contributed by atoms with E-state index in [0.29, 0.717) is 11.9 Å². The van der Waals surface area contributed by atoms with Crippen LogP contribution in [0.1, 0.15) is 30.7 Å². The number of rotatable bonds is 6. The highest BCUT2D eigenvalue weighted by atomic mass is 35.5. The van der Waals surface area contributed by atoms with Crippen molar-refractivity contribution in [2.45, 2.75) is 39.6 Å². The molecule has 1 rings (SSSR count). The van der Waals surface area contributed by atoms with Gasteiger partial charge in [0.1, 0.15) is 5.82 Å². The van der Waals surface area contributed by atoms with Crippen LogP contribution in [0.15, 0.2) is 6.07 Å². The summed E-state index contributed by atoms with van der Waals surface area (Å²) in [6.07, 6.45) is 0. The molecule has 0 saturated carbocycles. The normalized spacial score (nSPS) is 12.8. The molecule has 0 aliphatic carbocycles. The predicted octanol–water partition coefficient (Wildman–Crippen LogP) is 3.21. The van der Waals surface area contributed by atoms with Crippen LogP contribution in [-0.2, 0) is 5.88 Å². The minimum atomic E-state index is 0.413. The molecule has 0 N–H and O–H groups in total. The van der Waals surface area contributed by atoms with E-state index in [4.69, 9.17) is 16.6 Å². The second-order valence-electron chi connectivity index (χ2n) is 5.41. The van der Waals surface area contributed by atoms with Gasteiger partial charge in [0.25, 0.3) is 0 Å². The third-order valence-corrected chi connectivity index (χ3v) is 3.63. The molecule has 108 valence electrons. The fraction of sp³-hybridized carbons (Fsp3) is 0.667. The molecule has 0 spiro atoms. The van der Waals surface area contributed by atoms with Crippen LogP contribution in [0.4, 0.5) is 5.82 Å². The number of anilines is 1. The average Bonchev–Trinajstić information content (AvgIpc) is 2.28. The van der Waals surface area contributed by atoms with E-state index in [0.717, 1.165) is 30.2 Å². The summed E-state index contributed by atoms with van der Waals surface area (Å²) in [6.45, 7) is 10.5. The van der Waals surface area contributed by atoms with Gasteiger partial charge < -0.3 is 9.80 Å². The highest BCUT2D eigenvalue weighted by Gasteiger charge is 2.19. The summed E-state index contributed by atoms with van der Waals surface area (Å²) in [4.78, 5) is 9.28. The van der Waals surface area contributed by atoms with E-state index in [-0.39, 0.29) is 0 Å². The monoisotopic (exact) mass is 283 g/mol. The topological polar surface area (TPSA) is 19.4 Å². The van der Waals surface area contributed by atoms with Gasteiger partial charge in [0, 0.05) is 30.4 Å². The SMILES string of the molecule is CCN(c1nc(C)cc(C)c1CCl)C(C)CN(C)C. The van der Waals surface area contributed by atoms with Crippen LogP contribution < -0.4 is 4.90 Å². The maximum absolute atomic E-state index is 6.12. The van der Waals surface area contributed by atoms with E-state index in [1.165, 1.54) is 5.56 Å². The number of hydrogen-bond donors (Lipinski definition) is 0. The van der Waals surface area contributed by atoms with Gasteiger partial charge in [-0.2, -0.15) is 0 Å². The number of halogens is 1. The van der Waals surface area contributed by atoms with Crippen LogP contribution in [0.3, 0.4) is 0 Å². The highest BCUT2D eigenvalue weighted by molar-refractivity contribution is 6.17. The first kappa shape index (κ1) is 16.3. The minimum Gasteiger partial charge on any atom is -0.353 e. The van der Waals surface area contributed by atoms with Crippen molar-refractivity contribution >= 4 is 17.4 Å². The Kier molecular flexibility index (Phi) is 6.08. The van der Waals surface area contributed by atoms with E-state index in [9.17, 15) is 0 Å². The fourth-order valence-corrected chi connectivity index (χ4v) is 2.87. The Labute approximate surface area is 122 Å². The molecule has 1 aromatic rings. The molecular formula is C15H26ClN3. The molecule has 1 aromatic heterocycles. The number of hydrogen-bond acceptors (Lipinski definition) is 3. The number of pyridine rings is 1. The molecular weight excluding hydrogens is 258 g/mol. The molecule has 1 unspecified atom stereocenters. The third-order valence-electron chi connectivity index (χ3n) is 3.36. The van der Waals surface area contributed by atoms with Crippen molar-refractivity contribution in [2.24, 2.45) is 0 Å². The Bertz CT molecular complexity index is 418. The zero-order valence-corrected chi connectivity index (χ0v) is 13.8. The van der Waals surface area contributed by atoms with Crippen molar-refractivity contribution in [3.8, 4) is 0 Å². The van der Waals surface area contributed by atoms with Gasteiger partial charge in [0.15, 0.2) is 0 Å². The second-order valence-corrected chi connectivity index (χ2v) is 5.68. The van der Waals surface area contributed by atoms with Crippen LogP contribution in [0.25, 0.3) is 0 Å². The largest absolute Gasteiger partial charge is 0.353 e. The van der Waals surface area contributed by atoms with Crippen LogP contribution in [0.2, 0.25) is 0 Å². The molecule has 1 heterocycles. The number of aryl methyl sites for hydroxylation is 2. The van der Waals surface area contributed by atoms with Gasteiger partial charge in [-0.15, -0.1) is 11.6 Å². The molecule has 19 heavy (non-hydrogen) atoms. The Morgan fingerprint density at radius 1 is 1.32 bits per heavy atom. The molecule has 0 amide bonds. The molecule has 0 radical (unpaired) electrons. The first-order valence-corrected chi connectivity index (χ1v) is 7.38. The molecule has 0 aliphatic rings. The van der Waals surface area contributed by atoms with Gasteiger partial charge in [-0.3, -0.25) is 0 Å². The number of aromatic nitrogens is 1. The summed E-state index contributed by atoms with van der Waals surface area (Å²) in [5.74, 6) is 1.56. The molecule has 4 heteroatoms. The molecule has 0 bridgehead atoms. The van der Waals surface area contributed by atoms with E-state index in [1.807, 2.05) is 6.92 Å². The molecule has 0 fully saturated rings. The summed E-state index contributed by atoms with van der Waals surface area (Å²) in [5.41, 5.74) is 3.43. The maximum Gasteiger partial charge on any atom is 0.133 e. The van der Waals surface area contributed by atoms with Crippen molar-refractivity contribution in [2.75, 3.05) is 32.1 Å².